The van der Waals surface area contributed by atoms with E-state index in [-0.39, 0.29) is 11.7 Å². The third kappa shape index (κ3) is 3.14. The highest BCUT2D eigenvalue weighted by molar-refractivity contribution is 6.34. The highest BCUT2D eigenvalue weighted by atomic mass is 35.5. The number of carbonyl (C=O) groups is 1. The van der Waals surface area contributed by atoms with Crippen LogP contribution < -0.4 is 14.8 Å². The SMILES string of the molecule is O=C(Nc1cc2c(cc1Cl)OCCCO2)c1cn([C@@H]2CC[C@H]2O)nn1. The van der Waals surface area contributed by atoms with Crippen LogP contribution in [0.5, 0.6) is 11.5 Å². The number of hydrogen-bond donors (Lipinski definition) is 2. The summed E-state index contributed by atoms with van der Waals surface area (Å²) in [6.07, 6.45) is 3.43. The number of hydrogen-bond acceptors (Lipinski definition) is 6. The zero-order valence-corrected chi connectivity index (χ0v) is 14.1. The van der Waals surface area contributed by atoms with Gasteiger partial charge in [-0.05, 0) is 12.8 Å². The van der Waals surface area contributed by atoms with Crippen molar-refractivity contribution in [1.29, 1.82) is 0 Å². The van der Waals surface area contributed by atoms with E-state index in [2.05, 4.69) is 15.6 Å². The van der Waals surface area contributed by atoms with Gasteiger partial charge < -0.3 is 19.9 Å². The van der Waals surface area contributed by atoms with Crippen LogP contribution in [-0.2, 0) is 0 Å². The lowest BCUT2D eigenvalue weighted by atomic mass is 9.89. The topological polar surface area (TPSA) is 98.5 Å². The van der Waals surface area contributed by atoms with Crippen molar-refractivity contribution in [2.75, 3.05) is 18.5 Å². The predicted octanol–water partition coefficient (Wildman–Crippen LogP) is 2.04. The van der Waals surface area contributed by atoms with E-state index < -0.39 is 12.0 Å². The van der Waals surface area contributed by atoms with Crippen molar-refractivity contribution in [2.24, 2.45) is 0 Å². The third-order valence-corrected chi connectivity index (χ3v) is 4.68. The molecule has 1 aliphatic carbocycles. The maximum atomic E-state index is 12.4. The Hall–Kier alpha value is -2.32. The van der Waals surface area contributed by atoms with Crippen molar-refractivity contribution in [3.8, 4) is 11.5 Å². The molecule has 1 aromatic heterocycles. The fraction of sp³-hybridized carbons (Fsp3) is 0.438. The van der Waals surface area contributed by atoms with E-state index in [0.717, 1.165) is 19.3 Å². The molecule has 0 spiro atoms. The standard InChI is InChI=1S/C16H17ClN4O4/c17-9-6-14-15(25-5-1-4-24-14)7-10(9)18-16(23)11-8-21(20-19-11)12-2-3-13(12)22/h6-8,12-13,22H,1-5H2,(H,18,23)/t12-,13-/m1/s1. The predicted molar refractivity (Wildman–Crippen MR) is 89.3 cm³/mol. The molecule has 1 saturated carbocycles. The number of halogens is 1. The Morgan fingerprint density at radius 2 is 2.04 bits per heavy atom. The minimum atomic E-state index is -0.436. The first kappa shape index (κ1) is 16.2. The molecule has 0 saturated heterocycles. The van der Waals surface area contributed by atoms with E-state index in [1.807, 2.05) is 0 Å². The van der Waals surface area contributed by atoms with Gasteiger partial charge in [-0.25, -0.2) is 4.68 Å². The van der Waals surface area contributed by atoms with Crippen molar-refractivity contribution in [2.45, 2.75) is 31.4 Å². The number of aromatic nitrogens is 3. The second-order valence-electron chi connectivity index (χ2n) is 6.08. The summed E-state index contributed by atoms with van der Waals surface area (Å²) in [5.74, 6) is 0.667. The Morgan fingerprint density at radius 1 is 1.28 bits per heavy atom. The first-order chi connectivity index (χ1) is 12.1. The molecule has 2 N–H and O–H groups in total. The van der Waals surface area contributed by atoms with Crippen LogP contribution in [0.4, 0.5) is 5.69 Å². The number of aliphatic hydroxyl groups excluding tert-OH is 1. The fourth-order valence-corrected chi connectivity index (χ4v) is 2.98. The van der Waals surface area contributed by atoms with Crippen LogP contribution in [0.3, 0.4) is 0 Å². The Balaban J connectivity index is 1.52. The number of aliphatic hydroxyl groups is 1. The van der Waals surface area contributed by atoms with Gasteiger partial charge in [0.2, 0.25) is 0 Å². The Kier molecular flexibility index (Phi) is 4.22. The van der Waals surface area contributed by atoms with Gasteiger partial charge in [0.15, 0.2) is 17.2 Å². The molecule has 1 fully saturated rings. The second kappa shape index (κ2) is 6.53. The number of nitrogens with zero attached hydrogens (tertiary/aromatic N) is 3. The van der Waals surface area contributed by atoms with Crippen molar-refractivity contribution >= 4 is 23.2 Å². The number of nitrogens with one attached hydrogen (secondary N) is 1. The molecular formula is C16H17ClN4O4. The van der Waals surface area contributed by atoms with Gasteiger partial charge in [-0.3, -0.25) is 4.79 Å². The molecule has 1 aliphatic heterocycles. The molecule has 0 bridgehead atoms. The summed E-state index contributed by atoms with van der Waals surface area (Å²) in [6, 6.07) is 3.15. The van der Waals surface area contributed by atoms with Crippen molar-refractivity contribution in [3.63, 3.8) is 0 Å². The van der Waals surface area contributed by atoms with Crippen molar-refractivity contribution in [1.82, 2.24) is 15.0 Å². The summed E-state index contributed by atoms with van der Waals surface area (Å²) in [5, 5.41) is 20.5. The number of anilines is 1. The molecule has 1 amide bonds. The molecule has 2 atom stereocenters. The summed E-state index contributed by atoms with van der Waals surface area (Å²) < 4.78 is 12.7. The smallest absolute Gasteiger partial charge is 0.277 e. The Morgan fingerprint density at radius 3 is 2.72 bits per heavy atom. The molecule has 0 radical (unpaired) electrons. The van der Waals surface area contributed by atoms with Gasteiger partial charge in [0, 0.05) is 18.6 Å². The van der Waals surface area contributed by atoms with Gasteiger partial charge >= 0.3 is 0 Å². The number of carbonyl (C=O) groups excluding carboxylic acids is 1. The lowest BCUT2D eigenvalue weighted by molar-refractivity contribution is 0.0244. The molecule has 132 valence electrons. The lowest BCUT2D eigenvalue weighted by Gasteiger charge is -2.31. The molecule has 2 aromatic rings. The maximum Gasteiger partial charge on any atom is 0.277 e. The quantitative estimate of drug-likeness (QED) is 0.864. The molecule has 25 heavy (non-hydrogen) atoms. The second-order valence-corrected chi connectivity index (χ2v) is 6.49. The van der Waals surface area contributed by atoms with Crippen LogP contribution in [0.1, 0.15) is 35.8 Å². The van der Waals surface area contributed by atoms with Crippen LogP contribution >= 0.6 is 11.6 Å². The number of benzene rings is 1. The molecule has 1 aromatic carbocycles. The number of amides is 1. The van der Waals surface area contributed by atoms with E-state index in [1.54, 1.807) is 12.1 Å². The minimum Gasteiger partial charge on any atom is -0.490 e. The van der Waals surface area contributed by atoms with Gasteiger partial charge in [-0.2, -0.15) is 0 Å². The Bertz CT molecular complexity index is 809. The van der Waals surface area contributed by atoms with Gasteiger partial charge in [0.1, 0.15) is 0 Å². The van der Waals surface area contributed by atoms with Gasteiger partial charge in [-0.1, -0.05) is 16.8 Å². The van der Waals surface area contributed by atoms with Gasteiger partial charge in [-0.15, -0.1) is 5.10 Å². The van der Waals surface area contributed by atoms with Crippen LogP contribution in [0.15, 0.2) is 18.3 Å². The van der Waals surface area contributed by atoms with Crippen LogP contribution in [0.25, 0.3) is 0 Å². The normalized spacial score (nSPS) is 22.0. The van der Waals surface area contributed by atoms with E-state index in [9.17, 15) is 9.90 Å². The van der Waals surface area contributed by atoms with Gasteiger partial charge in [0.05, 0.1) is 42.3 Å². The van der Waals surface area contributed by atoms with Crippen molar-refractivity contribution < 1.29 is 19.4 Å². The zero-order chi connectivity index (χ0) is 17.4. The fourth-order valence-electron chi connectivity index (χ4n) is 2.78. The van der Waals surface area contributed by atoms with Crippen LogP contribution in [-0.4, -0.2) is 45.3 Å². The first-order valence-corrected chi connectivity index (χ1v) is 8.50. The molecule has 8 nitrogen and oxygen atoms in total. The zero-order valence-electron chi connectivity index (χ0n) is 13.3. The number of rotatable bonds is 3. The summed E-state index contributed by atoms with van der Waals surface area (Å²) >= 11 is 6.23. The summed E-state index contributed by atoms with van der Waals surface area (Å²) in [7, 11) is 0. The first-order valence-electron chi connectivity index (χ1n) is 8.12. The lowest BCUT2D eigenvalue weighted by Crippen LogP contribution is -2.34. The van der Waals surface area contributed by atoms with Gasteiger partial charge in [0.25, 0.3) is 5.91 Å². The number of fused-ring (bicyclic) bond motifs is 1. The van der Waals surface area contributed by atoms with Crippen LogP contribution in [0, 0.1) is 0 Å². The van der Waals surface area contributed by atoms with E-state index in [1.165, 1.54) is 10.9 Å². The summed E-state index contributed by atoms with van der Waals surface area (Å²) in [4.78, 5) is 12.4. The van der Waals surface area contributed by atoms with Crippen molar-refractivity contribution in [3.05, 3.63) is 29.0 Å². The molecule has 4 rings (SSSR count). The average molecular weight is 365 g/mol. The monoisotopic (exact) mass is 364 g/mol. The largest absolute Gasteiger partial charge is 0.490 e. The highest BCUT2D eigenvalue weighted by Crippen LogP contribution is 2.38. The Labute approximate surface area is 148 Å². The average Bonchev–Trinajstić information content (AvgIpc) is 2.94. The third-order valence-electron chi connectivity index (χ3n) is 4.37. The van der Waals surface area contributed by atoms with E-state index in [0.29, 0.717) is 35.4 Å². The molecule has 9 heteroatoms. The van der Waals surface area contributed by atoms with Crippen LogP contribution in [0.2, 0.25) is 5.02 Å². The highest BCUT2D eigenvalue weighted by Gasteiger charge is 2.32. The minimum absolute atomic E-state index is 0.115. The molecule has 0 unspecified atom stereocenters. The summed E-state index contributed by atoms with van der Waals surface area (Å²) in [5.41, 5.74) is 0.566. The molecule has 2 heterocycles. The molecular weight excluding hydrogens is 348 g/mol. The maximum absolute atomic E-state index is 12.4. The number of ether oxygens (including phenoxy) is 2. The molecule has 2 aliphatic rings. The van der Waals surface area contributed by atoms with E-state index >= 15 is 0 Å². The summed E-state index contributed by atoms with van der Waals surface area (Å²) in [6.45, 7) is 1.10. The van der Waals surface area contributed by atoms with E-state index in [4.69, 9.17) is 21.1 Å².